The summed E-state index contributed by atoms with van der Waals surface area (Å²) in [6, 6.07) is 7.81. The lowest BCUT2D eigenvalue weighted by molar-refractivity contribution is 0.0444. The highest BCUT2D eigenvalue weighted by molar-refractivity contribution is 5.96. The van der Waals surface area contributed by atoms with Gasteiger partial charge in [-0.05, 0) is 38.3 Å². The molecule has 4 nitrogen and oxygen atoms in total. The summed E-state index contributed by atoms with van der Waals surface area (Å²) in [4.78, 5) is 2.34. The maximum Gasteiger partial charge on any atom is 0.123 e. The molecule has 0 aliphatic carbocycles. The molecule has 4 heteroatoms. The average molecular weight is 261 g/mol. The van der Waals surface area contributed by atoms with Crippen LogP contribution >= 0.6 is 0 Å². The summed E-state index contributed by atoms with van der Waals surface area (Å²) in [5.74, 6) is 0.123. The summed E-state index contributed by atoms with van der Waals surface area (Å²) in [5.41, 5.74) is 7.00. The van der Waals surface area contributed by atoms with Crippen LogP contribution in [0.1, 0.15) is 37.3 Å². The normalized spacial score (nSPS) is 24.9. The Morgan fingerprint density at radius 3 is 2.84 bits per heavy atom. The number of benzene rings is 1. The van der Waals surface area contributed by atoms with E-state index in [0.29, 0.717) is 0 Å². The van der Waals surface area contributed by atoms with Gasteiger partial charge in [-0.25, -0.2) is 0 Å². The van der Waals surface area contributed by atoms with Gasteiger partial charge in [0.05, 0.1) is 5.60 Å². The highest BCUT2D eigenvalue weighted by Gasteiger charge is 2.25. The van der Waals surface area contributed by atoms with Crippen LogP contribution in [0.25, 0.3) is 0 Å². The quantitative estimate of drug-likeness (QED) is 0.573. The molecule has 1 aromatic carbocycles. The van der Waals surface area contributed by atoms with Crippen molar-refractivity contribution in [3.63, 3.8) is 0 Å². The highest BCUT2D eigenvalue weighted by atomic mass is 16.3. The molecule has 1 atom stereocenters. The summed E-state index contributed by atoms with van der Waals surface area (Å²) in [6.45, 7) is 4.59. The van der Waals surface area contributed by atoms with Crippen molar-refractivity contribution in [1.82, 2.24) is 4.90 Å². The van der Waals surface area contributed by atoms with Crippen LogP contribution < -0.4 is 5.73 Å². The van der Waals surface area contributed by atoms with Crippen molar-refractivity contribution in [1.29, 1.82) is 5.41 Å². The van der Waals surface area contributed by atoms with Crippen molar-refractivity contribution < 1.29 is 5.11 Å². The van der Waals surface area contributed by atoms with E-state index < -0.39 is 5.60 Å². The molecular weight excluding hydrogens is 238 g/mol. The van der Waals surface area contributed by atoms with Crippen molar-refractivity contribution in [2.45, 2.75) is 38.3 Å². The molecule has 1 aliphatic heterocycles. The molecule has 1 aliphatic rings. The minimum atomic E-state index is -0.533. The van der Waals surface area contributed by atoms with E-state index in [1.165, 1.54) is 0 Å². The molecule has 0 radical (unpaired) electrons. The molecule has 1 unspecified atom stereocenters. The summed E-state index contributed by atoms with van der Waals surface area (Å²) >= 11 is 0. The van der Waals surface area contributed by atoms with Crippen LogP contribution in [-0.4, -0.2) is 34.5 Å². The Morgan fingerprint density at radius 1 is 1.37 bits per heavy atom. The van der Waals surface area contributed by atoms with Gasteiger partial charge in [-0.1, -0.05) is 24.3 Å². The van der Waals surface area contributed by atoms with E-state index in [1.54, 1.807) is 0 Å². The van der Waals surface area contributed by atoms with E-state index in [2.05, 4.69) is 4.90 Å². The third-order valence-corrected chi connectivity index (χ3v) is 3.86. The van der Waals surface area contributed by atoms with Gasteiger partial charge in [0.1, 0.15) is 5.84 Å². The Morgan fingerprint density at radius 2 is 2.11 bits per heavy atom. The molecule has 0 saturated carbocycles. The first kappa shape index (κ1) is 14.0. The highest BCUT2D eigenvalue weighted by Crippen LogP contribution is 2.23. The Bertz CT molecular complexity index is 456. The van der Waals surface area contributed by atoms with Gasteiger partial charge in [0.2, 0.25) is 0 Å². The maximum absolute atomic E-state index is 10.1. The monoisotopic (exact) mass is 261 g/mol. The summed E-state index contributed by atoms with van der Waals surface area (Å²) < 4.78 is 0. The number of amidine groups is 1. The lowest BCUT2D eigenvalue weighted by atomic mass is 9.98. The van der Waals surface area contributed by atoms with Crippen LogP contribution in [0.4, 0.5) is 0 Å². The van der Waals surface area contributed by atoms with E-state index in [4.69, 9.17) is 11.1 Å². The van der Waals surface area contributed by atoms with Gasteiger partial charge in [0.15, 0.2) is 0 Å². The second-order valence-corrected chi connectivity index (χ2v) is 5.70. The number of nitrogen functional groups attached to an aromatic ring is 1. The average Bonchev–Trinajstić information content (AvgIpc) is 2.51. The van der Waals surface area contributed by atoms with Gasteiger partial charge in [0, 0.05) is 18.7 Å². The third-order valence-electron chi connectivity index (χ3n) is 3.86. The molecule has 2 rings (SSSR count). The van der Waals surface area contributed by atoms with E-state index in [-0.39, 0.29) is 5.84 Å². The zero-order valence-electron chi connectivity index (χ0n) is 11.5. The molecule has 1 saturated heterocycles. The molecule has 0 bridgehead atoms. The molecule has 4 N–H and O–H groups in total. The number of aliphatic hydroxyl groups is 1. The van der Waals surface area contributed by atoms with Gasteiger partial charge in [0.25, 0.3) is 0 Å². The third kappa shape index (κ3) is 3.78. The van der Waals surface area contributed by atoms with Crippen LogP contribution in [0.3, 0.4) is 0 Å². The number of nitrogens with one attached hydrogen (secondary N) is 1. The Hall–Kier alpha value is -1.39. The minimum absolute atomic E-state index is 0.123. The lowest BCUT2D eigenvalue weighted by Crippen LogP contribution is -2.29. The standard InChI is InChI=1S/C15H23N3O/c1-15(19)7-4-9-18(10-8-15)11-12-5-2-3-6-13(12)14(16)17/h2-3,5-6,19H,4,7-11H2,1H3,(H3,16,17). The number of likely N-dealkylation sites (tertiary alicyclic amines) is 1. The van der Waals surface area contributed by atoms with Crippen molar-refractivity contribution in [2.75, 3.05) is 13.1 Å². The van der Waals surface area contributed by atoms with Crippen LogP contribution in [0.2, 0.25) is 0 Å². The minimum Gasteiger partial charge on any atom is -0.390 e. The van der Waals surface area contributed by atoms with Crippen LogP contribution in [0.15, 0.2) is 24.3 Å². The van der Waals surface area contributed by atoms with Crippen LogP contribution in [-0.2, 0) is 6.54 Å². The number of hydrogen-bond donors (Lipinski definition) is 3. The predicted molar refractivity (Wildman–Crippen MR) is 77.2 cm³/mol. The molecule has 1 heterocycles. The van der Waals surface area contributed by atoms with Gasteiger partial charge < -0.3 is 10.8 Å². The fourth-order valence-corrected chi connectivity index (χ4v) is 2.64. The van der Waals surface area contributed by atoms with E-state index in [9.17, 15) is 5.11 Å². The zero-order valence-corrected chi connectivity index (χ0v) is 11.5. The molecule has 0 amide bonds. The number of nitrogens with zero attached hydrogens (tertiary/aromatic N) is 1. The first-order chi connectivity index (χ1) is 8.98. The molecule has 1 fully saturated rings. The second-order valence-electron chi connectivity index (χ2n) is 5.70. The second kappa shape index (κ2) is 5.72. The number of hydrogen-bond acceptors (Lipinski definition) is 3. The van der Waals surface area contributed by atoms with Crippen molar-refractivity contribution >= 4 is 5.84 Å². The van der Waals surface area contributed by atoms with Crippen LogP contribution in [0, 0.1) is 5.41 Å². The number of nitrogens with two attached hydrogens (primary N) is 1. The van der Waals surface area contributed by atoms with Crippen molar-refractivity contribution in [3.8, 4) is 0 Å². The van der Waals surface area contributed by atoms with E-state index in [1.807, 2.05) is 31.2 Å². The Balaban J connectivity index is 2.07. The first-order valence-electron chi connectivity index (χ1n) is 6.85. The van der Waals surface area contributed by atoms with Crippen LogP contribution in [0.5, 0.6) is 0 Å². The zero-order chi connectivity index (χ0) is 13.9. The number of rotatable bonds is 3. The molecule has 0 aromatic heterocycles. The smallest absolute Gasteiger partial charge is 0.123 e. The van der Waals surface area contributed by atoms with Gasteiger partial charge in [-0.2, -0.15) is 0 Å². The van der Waals surface area contributed by atoms with E-state index in [0.717, 1.165) is 50.0 Å². The molecular formula is C15H23N3O. The van der Waals surface area contributed by atoms with E-state index >= 15 is 0 Å². The summed E-state index contributed by atoms with van der Waals surface area (Å²) in [5, 5.41) is 17.7. The Kier molecular flexibility index (Phi) is 4.22. The maximum atomic E-state index is 10.1. The molecule has 19 heavy (non-hydrogen) atoms. The van der Waals surface area contributed by atoms with Gasteiger partial charge >= 0.3 is 0 Å². The molecule has 0 spiro atoms. The Labute approximate surface area is 114 Å². The largest absolute Gasteiger partial charge is 0.390 e. The van der Waals surface area contributed by atoms with Crippen molar-refractivity contribution in [2.24, 2.45) is 5.73 Å². The lowest BCUT2D eigenvalue weighted by Gasteiger charge is -2.23. The first-order valence-corrected chi connectivity index (χ1v) is 6.85. The fourth-order valence-electron chi connectivity index (χ4n) is 2.64. The van der Waals surface area contributed by atoms with Gasteiger partial charge in [-0.15, -0.1) is 0 Å². The van der Waals surface area contributed by atoms with Crippen molar-refractivity contribution in [3.05, 3.63) is 35.4 Å². The fraction of sp³-hybridized carbons (Fsp3) is 0.533. The predicted octanol–water partition coefficient (Wildman–Crippen LogP) is 1.71. The topological polar surface area (TPSA) is 73.3 Å². The SMILES string of the molecule is CC1(O)CCCN(Cc2ccccc2C(=N)N)CC1. The molecule has 104 valence electrons. The molecule has 1 aromatic rings. The summed E-state index contributed by atoms with van der Waals surface area (Å²) in [6.07, 6.45) is 2.67. The summed E-state index contributed by atoms with van der Waals surface area (Å²) in [7, 11) is 0. The van der Waals surface area contributed by atoms with Gasteiger partial charge in [-0.3, -0.25) is 10.3 Å².